The molecule has 0 fully saturated rings. The average molecular weight is 405 g/mol. The number of para-hydroxylation sites is 2. The van der Waals surface area contributed by atoms with Crippen molar-refractivity contribution in [2.24, 2.45) is 0 Å². The molecule has 0 atom stereocenters. The number of rotatable bonds is 7. The van der Waals surface area contributed by atoms with Gasteiger partial charge in [-0.25, -0.2) is 4.79 Å². The molecule has 0 aliphatic carbocycles. The topological polar surface area (TPSA) is 88.7 Å². The molecule has 154 valence electrons. The lowest BCUT2D eigenvalue weighted by Gasteiger charge is -2.11. The van der Waals surface area contributed by atoms with Crippen LogP contribution in [0.1, 0.15) is 17.3 Å². The van der Waals surface area contributed by atoms with E-state index in [2.05, 4.69) is 16.0 Å². The van der Waals surface area contributed by atoms with Gasteiger partial charge in [-0.2, -0.15) is 0 Å². The molecule has 30 heavy (non-hydrogen) atoms. The molecule has 3 aromatic carbocycles. The second-order valence-electron chi connectivity index (χ2n) is 6.27. The van der Waals surface area contributed by atoms with Crippen LogP contribution < -0.4 is 25.4 Å². The minimum Gasteiger partial charge on any atom is -0.495 e. The Morgan fingerprint density at radius 2 is 1.43 bits per heavy atom. The van der Waals surface area contributed by atoms with E-state index in [-0.39, 0.29) is 5.91 Å². The first-order valence-corrected chi connectivity index (χ1v) is 9.44. The second-order valence-corrected chi connectivity index (χ2v) is 6.27. The van der Waals surface area contributed by atoms with Gasteiger partial charge in [0.05, 0.1) is 19.4 Å². The third-order valence-corrected chi connectivity index (χ3v) is 4.18. The maximum absolute atomic E-state index is 12.4. The minimum absolute atomic E-state index is 0.246. The first kappa shape index (κ1) is 20.7. The molecule has 0 spiro atoms. The molecule has 3 aromatic rings. The van der Waals surface area contributed by atoms with Crippen molar-refractivity contribution in [3.8, 4) is 11.5 Å². The van der Waals surface area contributed by atoms with Crippen LogP contribution in [0.15, 0.2) is 72.8 Å². The lowest BCUT2D eigenvalue weighted by atomic mass is 10.2. The monoisotopic (exact) mass is 405 g/mol. The van der Waals surface area contributed by atoms with Crippen LogP contribution in [0.25, 0.3) is 0 Å². The Labute approximate surface area is 175 Å². The molecule has 0 unspecified atom stereocenters. The Morgan fingerprint density at radius 1 is 0.800 bits per heavy atom. The summed E-state index contributed by atoms with van der Waals surface area (Å²) >= 11 is 0. The molecule has 0 bridgehead atoms. The number of amides is 3. The molecule has 3 N–H and O–H groups in total. The summed E-state index contributed by atoms with van der Waals surface area (Å²) in [6, 6.07) is 20.5. The predicted molar refractivity (Wildman–Crippen MR) is 118 cm³/mol. The zero-order chi connectivity index (χ0) is 21.3. The standard InChI is InChI=1S/C23H23N3O4/c1-3-30-19-14-12-17(13-15-19)24-22(27)16-8-10-18(11-9-16)25-23(28)26-20-6-4-5-7-21(20)29-2/h4-15H,3H2,1-2H3,(H,24,27)(H2,25,26,28). The van der Waals surface area contributed by atoms with Crippen LogP contribution >= 0.6 is 0 Å². The number of hydrogen-bond donors (Lipinski definition) is 3. The molecule has 3 amide bonds. The Morgan fingerprint density at radius 3 is 2.10 bits per heavy atom. The van der Waals surface area contributed by atoms with E-state index in [1.54, 1.807) is 66.7 Å². The van der Waals surface area contributed by atoms with Gasteiger partial charge in [0.15, 0.2) is 0 Å². The highest BCUT2D eigenvalue weighted by Crippen LogP contribution is 2.23. The van der Waals surface area contributed by atoms with Crippen molar-refractivity contribution in [3.05, 3.63) is 78.4 Å². The molecule has 0 saturated heterocycles. The Kier molecular flexibility index (Phi) is 6.89. The highest BCUT2D eigenvalue weighted by Gasteiger charge is 2.09. The molecule has 7 nitrogen and oxygen atoms in total. The SMILES string of the molecule is CCOc1ccc(NC(=O)c2ccc(NC(=O)Nc3ccccc3OC)cc2)cc1. The van der Waals surface area contributed by atoms with Gasteiger partial charge in [-0.1, -0.05) is 12.1 Å². The second kappa shape index (κ2) is 9.97. The van der Waals surface area contributed by atoms with Crippen molar-refractivity contribution in [1.82, 2.24) is 0 Å². The van der Waals surface area contributed by atoms with Gasteiger partial charge in [-0.05, 0) is 67.6 Å². The van der Waals surface area contributed by atoms with Crippen LogP contribution in [-0.4, -0.2) is 25.7 Å². The fraction of sp³-hybridized carbons (Fsp3) is 0.130. The number of carbonyl (C=O) groups excluding carboxylic acids is 2. The molecule has 0 saturated carbocycles. The lowest BCUT2D eigenvalue weighted by Crippen LogP contribution is -2.20. The molecule has 7 heteroatoms. The fourth-order valence-corrected chi connectivity index (χ4v) is 2.74. The summed E-state index contributed by atoms with van der Waals surface area (Å²) < 4.78 is 10.6. The van der Waals surface area contributed by atoms with Gasteiger partial charge in [0.1, 0.15) is 11.5 Å². The normalized spacial score (nSPS) is 10.1. The highest BCUT2D eigenvalue weighted by atomic mass is 16.5. The number of urea groups is 1. The molecule has 0 heterocycles. The third-order valence-electron chi connectivity index (χ3n) is 4.18. The number of methoxy groups -OCH3 is 1. The maximum Gasteiger partial charge on any atom is 0.323 e. The van der Waals surface area contributed by atoms with Crippen LogP contribution in [0.5, 0.6) is 11.5 Å². The van der Waals surface area contributed by atoms with Crippen LogP contribution in [0, 0.1) is 0 Å². The Hall–Kier alpha value is -4.00. The summed E-state index contributed by atoms with van der Waals surface area (Å²) in [4.78, 5) is 24.6. The van der Waals surface area contributed by atoms with E-state index in [1.807, 2.05) is 13.0 Å². The molecule has 0 aliphatic heterocycles. The van der Waals surface area contributed by atoms with Crippen molar-refractivity contribution in [2.45, 2.75) is 6.92 Å². The number of hydrogen-bond acceptors (Lipinski definition) is 4. The number of benzene rings is 3. The van der Waals surface area contributed by atoms with E-state index >= 15 is 0 Å². The van der Waals surface area contributed by atoms with E-state index < -0.39 is 6.03 Å². The molecule has 0 radical (unpaired) electrons. The predicted octanol–water partition coefficient (Wildman–Crippen LogP) is 4.99. The summed E-state index contributed by atoms with van der Waals surface area (Å²) in [6.45, 7) is 2.50. The Balaban J connectivity index is 1.57. The average Bonchev–Trinajstić information content (AvgIpc) is 2.76. The van der Waals surface area contributed by atoms with Gasteiger partial charge >= 0.3 is 6.03 Å². The number of anilines is 3. The van der Waals surface area contributed by atoms with Crippen molar-refractivity contribution < 1.29 is 19.1 Å². The quantitative estimate of drug-likeness (QED) is 0.517. The van der Waals surface area contributed by atoms with E-state index in [4.69, 9.17) is 9.47 Å². The largest absolute Gasteiger partial charge is 0.495 e. The fourth-order valence-electron chi connectivity index (χ4n) is 2.74. The van der Waals surface area contributed by atoms with Crippen LogP contribution in [0.4, 0.5) is 21.9 Å². The van der Waals surface area contributed by atoms with Gasteiger partial charge in [-0.15, -0.1) is 0 Å². The number of nitrogens with one attached hydrogen (secondary N) is 3. The van der Waals surface area contributed by atoms with Gasteiger partial charge in [0.2, 0.25) is 0 Å². The number of ether oxygens (including phenoxy) is 2. The molecular weight excluding hydrogens is 382 g/mol. The molecule has 0 aliphatic rings. The Bertz CT molecular complexity index is 1000. The van der Waals surface area contributed by atoms with Crippen molar-refractivity contribution in [2.75, 3.05) is 29.7 Å². The summed E-state index contributed by atoms with van der Waals surface area (Å²) in [5, 5.41) is 8.28. The third kappa shape index (κ3) is 5.51. The van der Waals surface area contributed by atoms with Crippen LogP contribution in [-0.2, 0) is 0 Å². The van der Waals surface area contributed by atoms with Crippen molar-refractivity contribution >= 4 is 29.0 Å². The summed E-state index contributed by atoms with van der Waals surface area (Å²) in [7, 11) is 1.54. The van der Waals surface area contributed by atoms with E-state index in [0.717, 1.165) is 5.75 Å². The zero-order valence-electron chi connectivity index (χ0n) is 16.8. The van der Waals surface area contributed by atoms with Gasteiger partial charge < -0.3 is 25.4 Å². The summed E-state index contributed by atoms with van der Waals surface area (Å²) in [5.41, 5.74) is 2.25. The minimum atomic E-state index is -0.411. The van der Waals surface area contributed by atoms with E-state index in [0.29, 0.717) is 35.0 Å². The molecule has 0 aromatic heterocycles. The van der Waals surface area contributed by atoms with Crippen LogP contribution in [0.3, 0.4) is 0 Å². The number of carbonyl (C=O) groups is 2. The smallest absolute Gasteiger partial charge is 0.323 e. The van der Waals surface area contributed by atoms with Gasteiger partial charge in [0, 0.05) is 16.9 Å². The summed E-state index contributed by atoms with van der Waals surface area (Å²) in [5.74, 6) is 1.07. The zero-order valence-corrected chi connectivity index (χ0v) is 16.8. The molecular formula is C23H23N3O4. The molecule has 3 rings (SSSR count). The van der Waals surface area contributed by atoms with Gasteiger partial charge in [0.25, 0.3) is 5.91 Å². The van der Waals surface area contributed by atoms with E-state index in [9.17, 15) is 9.59 Å². The van der Waals surface area contributed by atoms with Crippen LogP contribution in [0.2, 0.25) is 0 Å². The first-order chi connectivity index (χ1) is 14.6. The summed E-state index contributed by atoms with van der Waals surface area (Å²) in [6.07, 6.45) is 0. The van der Waals surface area contributed by atoms with Gasteiger partial charge in [-0.3, -0.25) is 4.79 Å². The van der Waals surface area contributed by atoms with E-state index in [1.165, 1.54) is 7.11 Å². The lowest BCUT2D eigenvalue weighted by molar-refractivity contribution is 0.102. The first-order valence-electron chi connectivity index (χ1n) is 9.44. The highest BCUT2D eigenvalue weighted by molar-refractivity contribution is 6.05. The van der Waals surface area contributed by atoms with Crippen molar-refractivity contribution in [1.29, 1.82) is 0 Å². The van der Waals surface area contributed by atoms with Crippen molar-refractivity contribution in [3.63, 3.8) is 0 Å². The maximum atomic E-state index is 12.4.